The van der Waals surface area contributed by atoms with Crippen LogP contribution in [0, 0.1) is 0 Å². The molecule has 17 heavy (non-hydrogen) atoms. The maximum absolute atomic E-state index is 4.39. The van der Waals surface area contributed by atoms with Crippen LogP contribution in [0.4, 0.5) is 5.69 Å². The Morgan fingerprint density at radius 3 is 2.47 bits per heavy atom. The second kappa shape index (κ2) is 4.53. The van der Waals surface area contributed by atoms with Crippen LogP contribution in [-0.4, -0.2) is 23.1 Å². The molecule has 1 aliphatic rings. The summed E-state index contributed by atoms with van der Waals surface area (Å²) >= 11 is 0. The first-order chi connectivity index (χ1) is 8.43. The number of aromatic nitrogens is 2. The fourth-order valence-electron chi connectivity index (χ4n) is 2.25. The van der Waals surface area contributed by atoms with Crippen LogP contribution in [-0.2, 0) is 0 Å². The van der Waals surface area contributed by atoms with Crippen molar-refractivity contribution < 1.29 is 0 Å². The predicted molar refractivity (Wildman–Crippen MR) is 68.9 cm³/mol. The highest BCUT2D eigenvalue weighted by atomic mass is 15.1. The molecule has 2 aromatic rings. The molecule has 86 valence electrons. The maximum atomic E-state index is 4.39. The summed E-state index contributed by atoms with van der Waals surface area (Å²) in [7, 11) is 0. The lowest BCUT2D eigenvalue weighted by Crippen LogP contribution is -2.17. The van der Waals surface area contributed by atoms with E-state index >= 15 is 0 Å². The van der Waals surface area contributed by atoms with Crippen molar-refractivity contribution in [3.05, 3.63) is 42.7 Å². The summed E-state index contributed by atoms with van der Waals surface area (Å²) in [5.41, 5.74) is 3.15. The molecule has 1 saturated heterocycles. The quantitative estimate of drug-likeness (QED) is 0.787. The van der Waals surface area contributed by atoms with Crippen molar-refractivity contribution in [2.24, 2.45) is 0 Å². The lowest BCUT2D eigenvalue weighted by Gasteiger charge is -2.17. The number of anilines is 1. The first kappa shape index (κ1) is 10.3. The summed E-state index contributed by atoms with van der Waals surface area (Å²) in [4.78, 5) is 11.1. The van der Waals surface area contributed by atoms with E-state index in [0.29, 0.717) is 0 Å². The van der Waals surface area contributed by atoms with Gasteiger partial charge in [-0.1, -0.05) is 6.07 Å². The van der Waals surface area contributed by atoms with Gasteiger partial charge in [-0.3, -0.25) is 9.97 Å². The molecule has 3 heteroatoms. The zero-order valence-corrected chi connectivity index (χ0v) is 9.71. The van der Waals surface area contributed by atoms with Crippen LogP contribution in [0.25, 0.3) is 11.4 Å². The van der Waals surface area contributed by atoms with Crippen LogP contribution in [0.15, 0.2) is 42.7 Å². The molecule has 3 heterocycles. The molecule has 0 aromatic carbocycles. The van der Waals surface area contributed by atoms with E-state index in [0.717, 1.165) is 24.5 Å². The van der Waals surface area contributed by atoms with Crippen LogP contribution in [0.5, 0.6) is 0 Å². The second-order valence-corrected chi connectivity index (χ2v) is 4.31. The molecule has 0 amide bonds. The van der Waals surface area contributed by atoms with E-state index in [2.05, 4.69) is 27.0 Å². The SMILES string of the molecule is c1ccc(-c2cc(N3CCCC3)ccn2)nc1. The molecule has 0 atom stereocenters. The Balaban J connectivity index is 1.94. The Morgan fingerprint density at radius 2 is 1.71 bits per heavy atom. The van der Waals surface area contributed by atoms with Crippen molar-refractivity contribution in [2.75, 3.05) is 18.0 Å². The van der Waals surface area contributed by atoms with Crippen LogP contribution in [0.3, 0.4) is 0 Å². The van der Waals surface area contributed by atoms with E-state index in [-0.39, 0.29) is 0 Å². The van der Waals surface area contributed by atoms with Crippen molar-refractivity contribution in [1.29, 1.82) is 0 Å². The number of pyridine rings is 2. The zero-order chi connectivity index (χ0) is 11.5. The monoisotopic (exact) mass is 225 g/mol. The van der Waals surface area contributed by atoms with Gasteiger partial charge in [-0.2, -0.15) is 0 Å². The summed E-state index contributed by atoms with van der Waals surface area (Å²) in [5, 5.41) is 0. The van der Waals surface area contributed by atoms with E-state index in [9.17, 15) is 0 Å². The van der Waals surface area contributed by atoms with Crippen LogP contribution >= 0.6 is 0 Å². The minimum Gasteiger partial charge on any atom is -0.371 e. The van der Waals surface area contributed by atoms with Crippen molar-refractivity contribution in [1.82, 2.24) is 9.97 Å². The maximum Gasteiger partial charge on any atom is 0.0906 e. The van der Waals surface area contributed by atoms with Gasteiger partial charge in [0.15, 0.2) is 0 Å². The topological polar surface area (TPSA) is 29.0 Å². The normalized spacial score (nSPS) is 15.2. The van der Waals surface area contributed by atoms with Gasteiger partial charge >= 0.3 is 0 Å². The van der Waals surface area contributed by atoms with Gasteiger partial charge in [0.25, 0.3) is 0 Å². The molecular formula is C14H15N3. The summed E-state index contributed by atoms with van der Waals surface area (Å²) < 4.78 is 0. The Kier molecular flexibility index (Phi) is 2.74. The van der Waals surface area contributed by atoms with E-state index in [1.807, 2.05) is 24.4 Å². The van der Waals surface area contributed by atoms with Crippen molar-refractivity contribution in [3.8, 4) is 11.4 Å². The summed E-state index contributed by atoms with van der Waals surface area (Å²) in [6.07, 6.45) is 6.26. The highest BCUT2D eigenvalue weighted by Gasteiger charge is 2.13. The molecule has 0 bridgehead atoms. The Hall–Kier alpha value is -1.90. The zero-order valence-electron chi connectivity index (χ0n) is 9.71. The number of nitrogens with zero attached hydrogens (tertiary/aromatic N) is 3. The van der Waals surface area contributed by atoms with Gasteiger partial charge in [0, 0.05) is 31.2 Å². The second-order valence-electron chi connectivity index (χ2n) is 4.31. The first-order valence-electron chi connectivity index (χ1n) is 6.06. The van der Waals surface area contributed by atoms with E-state index in [1.165, 1.54) is 18.5 Å². The average Bonchev–Trinajstić information content (AvgIpc) is 2.94. The third-order valence-corrected chi connectivity index (χ3v) is 3.14. The molecule has 0 radical (unpaired) electrons. The smallest absolute Gasteiger partial charge is 0.0906 e. The van der Waals surface area contributed by atoms with Crippen LogP contribution < -0.4 is 4.90 Å². The van der Waals surface area contributed by atoms with Crippen molar-refractivity contribution >= 4 is 5.69 Å². The molecule has 1 fully saturated rings. The van der Waals surface area contributed by atoms with Gasteiger partial charge in [-0.05, 0) is 37.1 Å². The Bertz CT molecular complexity index is 490. The highest BCUT2D eigenvalue weighted by molar-refractivity contribution is 5.61. The summed E-state index contributed by atoms with van der Waals surface area (Å²) in [5.74, 6) is 0. The highest BCUT2D eigenvalue weighted by Crippen LogP contribution is 2.23. The van der Waals surface area contributed by atoms with Gasteiger partial charge in [0.1, 0.15) is 0 Å². The number of hydrogen-bond acceptors (Lipinski definition) is 3. The van der Waals surface area contributed by atoms with Gasteiger partial charge in [-0.25, -0.2) is 0 Å². The molecule has 2 aromatic heterocycles. The van der Waals surface area contributed by atoms with Gasteiger partial charge in [-0.15, -0.1) is 0 Å². The minimum absolute atomic E-state index is 0.938. The molecular weight excluding hydrogens is 210 g/mol. The van der Waals surface area contributed by atoms with Gasteiger partial charge < -0.3 is 4.90 Å². The number of rotatable bonds is 2. The Morgan fingerprint density at radius 1 is 0.882 bits per heavy atom. The molecule has 0 saturated carbocycles. The largest absolute Gasteiger partial charge is 0.371 e. The first-order valence-corrected chi connectivity index (χ1v) is 6.06. The third-order valence-electron chi connectivity index (χ3n) is 3.14. The third kappa shape index (κ3) is 2.13. The molecule has 1 aliphatic heterocycles. The fourth-order valence-corrected chi connectivity index (χ4v) is 2.25. The van der Waals surface area contributed by atoms with Crippen molar-refractivity contribution in [3.63, 3.8) is 0 Å². The van der Waals surface area contributed by atoms with E-state index in [4.69, 9.17) is 0 Å². The Labute approximate surface area is 101 Å². The van der Waals surface area contributed by atoms with Crippen LogP contribution in [0.1, 0.15) is 12.8 Å². The molecule has 0 N–H and O–H groups in total. The average molecular weight is 225 g/mol. The lowest BCUT2D eigenvalue weighted by molar-refractivity contribution is 0.949. The van der Waals surface area contributed by atoms with E-state index < -0.39 is 0 Å². The van der Waals surface area contributed by atoms with Crippen molar-refractivity contribution in [2.45, 2.75) is 12.8 Å². The predicted octanol–water partition coefficient (Wildman–Crippen LogP) is 2.74. The molecule has 3 rings (SSSR count). The van der Waals surface area contributed by atoms with E-state index in [1.54, 1.807) is 6.20 Å². The molecule has 0 aliphatic carbocycles. The number of hydrogen-bond donors (Lipinski definition) is 0. The molecule has 0 unspecified atom stereocenters. The molecule has 0 spiro atoms. The fraction of sp³-hybridized carbons (Fsp3) is 0.286. The standard InChI is InChI=1S/C14H15N3/c1-2-7-15-13(5-1)14-11-12(6-8-16-14)17-9-3-4-10-17/h1-2,5-8,11H,3-4,9-10H2. The van der Waals surface area contributed by atoms with Gasteiger partial charge in [0.05, 0.1) is 11.4 Å². The summed E-state index contributed by atoms with van der Waals surface area (Å²) in [6.45, 7) is 2.32. The van der Waals surface area contributed by atoms with Crippen LogP contribution in [0.2, 0.25) is 0 Å². The lowest BCUT2D eigenvalue weighted by atomic mass is 10.2. The minimum atomic E-state index is 0.938. The van der Waals surface area contributed by atoms with Gasteiger partial charge in [0.2, 0.25) is 0 Å². The summed E-state index contributed by atoms with van der Waals surface area (Å²) in [6, 6.07) is 10.1. The molecule has 3 nitrogen and oxygen atoms in total.